The topological polar surface area (TPSA) is 49.4 Å². The lowest BCUT2D eigenvalue weighted by Crippen LogP contribution is -2.39. The third-order valence-electron chi connectivity index (χ3n) is 3.43. The molecule has 1 aliphatic rings. The third kappa shape index (κ3) is 3.97. The van der Waals surface area contributed by atoms with Crippen molar-refractivity contribution in [2.75, 3.05) is 26.7 Å². The molecule has 0 aliphatic carbocycles. The molecule has 1 atom stereocenters. The summed E-state index contributed by atoms with van der Waals surface area (Å²) in [4.78, 5) is 1.77. The van der Waals surface area contributed by atoms with Gasteiger partial charge in [0.2, 0.25) is 10.0 Å². The van der Waals surface area contributed by atoms with Gasteiger partial charge in [0.1, 0.15) is 11.6 Å². The van der Waals surface area contributed by atoms with Crippen LogP contribution in [-0.4, -0.2) is 40.0 Å². The molecule has 0 amide bonds. The van der Waals surface area contributed by atoms with Crippen LogP contribution in [0, 0.1) is 17.6 Å². The van der Waals surface area contributed by atoms with Gasteiger partial charge in [-0.05, 0) is 44.5 Å². The Morgan fingerprint density at radius 2 is 1.95 bits per heavy atom. The smallest absolute Gasteiger partial charge is 0.240 e. The molecule has 1 heterocycles. The summed E-state index contributed by atoms with van der Waals surface area (Å²) in [6, 6.07) is 2.28. The highest BCUT2D eigenvalue weighted by Crippen LogP contribution is 2.17. The maximum Gasteiger partial charge on any atom is 0.240 e. The predicted molar refractivity (Wildman–Crippen MR) is 71.8 cm³/mol. The lowest BCUT2D eigenvalue weighted by atomic mass is 9.99. The van der Waals surface area contributed by atoms with Gasteiger partial charge in [-0.25, -0.2) is 21.9 Å². The van der Waals surface area contributed by atoms with E-state index >= 15 is 0 Å². The van der Waals surface area contributed by atoms with E-state index in [0.717, 1.165) is 38.1 Å². The Morgan fingerprint density at radius 1 is 1.30 bits per heavy atom. The first-order valence-corrected chi connectivity index (χ1v) is 7.99. The molecule has 1 aliphatic heterocycles. The van der Waals surface area contributed by atoms with Crippen molar-refractivity contribution in [3.8, 4) is 0 Å². The van der Waals surface area contributed by atoms with Crippen molar-refractivity contribution in [2.45, 2.75) is 17.7 Å². The van der Waals surface area contributed by atoms with Gasteiger partial charge in [0, 0.05) is 19.2 Å². The average Bonchev–Trinajstić information content (AvgIpc) is 2.35. The van der Waals surface area contributed by atoms with Crippen molar-refractivity contribution in [3.63, 3.8) is 0 Å². The van der Waals surface area contributed by atoms with Crippen LogP contribution in [0.3, 0.4) is 0 Å². The Labute approximate surface area is 117 Å². The quantitative estimate of drug-likeness (QED) is 0.919. The zero-order valence-corrected chi connectivity index (χ0v) is 12.1. The Morgan fingerprint density at radius 3 is 2.55 bits per heavy atom. The normalized spacial score (nSPS) is 21.1. The van der Waals surface area contributed by atoms with Crippen molar-refractivity contribution in [1.82, 2.24) is 9.62 Å². The van der Waals surface area contributed by atoms with Crippen LogP contribution in [-0.2, 0) is 10.0 Å². The van der Waals surface area contributed by atoms with Crippen LogP contribution in [0.2, 0.25) is 0 Å². The number of halogens is 2. The molecule has 0 aromatic heterocycles. The van der Waals surface area contributed by atoms with Crippen LogP contribution >= 0.6 is 0 Å². The molecule has 1 unspecified atom stereocenters. The summed E-state index contributed by atoms with van der Waals surface area (Å²) in [5, 5.41) is 0. The molecule has 0 bridgehead atoms. The number of piperidine rings is 1. The number of likely N-dealkylation sites (tertiary alicyclic amines) is 1. The number of hydrogen-bond acceptors (Lipinski definition) is 3. The second-order valence-corrected chi connectivity index (χ2v) is 6.99. The maximum atomic E-state index is 13.1. The molecule has 1 aromatic rings. The van der Waals surface area contributed by atoms with E-state index in [2.05, 4.69) is 9.62 Å². The first-order valence-electron chi connectivity index (χ1n) is 6.51. The first kappa shape index (κ1) is 15.3. The van der Waals surface area contributed by atoms with E-state index in [9.17, 15) is 17.2 Å². The van der Waals surface area contributed by atoms with Gasteiger partial charge in [0.25, 0.3) is 0 Å². The summed E-state index contributed by atoms with van der Waals surface area (Å²) in [6.07, 6.45) is 1.97. The van der Waals surface area contributed by atoms with E-state index in [1.165, 1.54) is 0 Å². The molecule has 2 rings (SSSR count). The van der Waals surface area contributed by atoms with Crippen LogP contribution in [0.4, 0.5) is 8.78 Å². The SMILES string of the molecule is CN1CCCC(CNS(=O)(=O)c2cc(F)cc(F)c2)C1. The molecule has 20 heavy (non-hydrogen) atoms. The Kier molecular flexibility index (Phi) is 4.72. The molecule has 7 heteroatoms. The van der Waals surface area contributed by atoms with Crippen LogP contribution in [0.1, 0.15) is 12.8 Å². The molecule has 0 spiro atoms. The fraction of sp³-hybridized carbons (Fsp3) is 0.538. The zero-order chi connectivity index (χ0) is 14.8. The molecule has 112 valence electrons. The number of nitrogens with zero attached hydrogens (tertiary/aromatic N) is 1. The predicted octanol–water partition coefficient (Wildman–Crippen LogP) is 1.58. The fourth-order valence-electron chi connectivity index (χ4n) is 2.43. The number of hydrogen-bond donors (Lipinski definition) is 1. The maximum absolute atomic E-state index is 13.1. The molecule has 1 aromatic carbocycles. The average molecular weight is 304 g/mol. The first-order chi connectivity index (χ1) is 9.37. The van der Waals surface area contributed by atoms with E-state index in [-0.39, 0.29) is 17.4 Å². The minimum atomic E-state index is -3.87. The molecule has 0 saturated carbocycles. The van der Waals surface area contributed by atoms with E-state index < -0.39 is 21.7 Å². The Balaban J connectivity index is 2.03. The molecular formula is C13H18F2N2O2S. The highest BCUT2D eigenvalue weighted by molar-refractivity contribution is 7.89. The van der Waals surface area contributed by atoms with Gasteiger partial charge in [0.05, 0.1) is 4.90 Å². The van der Waals surface area contributed by atoms with Crippen LogP contribution in [0.5, 0.6) is 0 Å². The lowest BCUT2D eigenvalue weighted by Gasteiger charge is -2.29. The van der Waals surface area contributed by atoms with Crippen LogP contribution in [0.15, 0.2) is 23.1 Å². The summed E-state index contributed by atoms with van der Waals surface area (Å²) < 4.78 is 52.6. The van der Waals surface area contributed by atoms with E-state index in [1.54, 1.807) is 0 Å². The molecule has 1 N–H and O–H groups in total. The van der Waals surface area contributed by atoms with Crippen molar-refractivity contribution in [2.24, 2.45) is 5.92 Å². The summed E-state index contributed by atoms with van der Waals surface area (Å²) in [6.45, 7) is 2.11. The van der Waals surface area contributed by atoms with Gasteiger partial charge in [-0.1, -0.05) is 0 Å². The lowest BCUT2D eigenvalue weighted by molar-refractivity contribution is 0.211. The van der Waals surface area contributed by atoms with Crippen LogP contribution < -0.4 is 4.72 Å². The van der Waals surface area contributed by atoms with Gasteiger partial charge in [-0.3, -0.25) is 0 Å². The van der Waals surface area contributed by atoms with E-state index in [4.69, 9.17) is 0 Å². The minimum absolute atomic E-state index is 0.224. The highest BCUT2D eigenvalue weighted by atomic mass is 32.2. The number of rotatable bonds is 4. The van der Waals surface area contributed by atoms with Gasteiger partial charge in [-0.2, -0.15) is 0 Å². The number of benzene rings is 1. The fourth-order valence-corrected chi connectivity index (χ4v) is 3.59. The largest absolute Gasteiger partial charge is 0.306 e. The third-order valence-corrected chi connectivity index (χ3v) is 4.83. The summed E-state index contributed by atoms with van der Waals surface area (Å²) in [5.74, 6) is -1.58. The number of nitrogens with one attached hydrogen (secondary N) is 1. The van der Waals surface area contributed by atoms with Gasteiger partial charge in [-0.15, -0.1) is 0 Å². The summed E-state index contributed by atoms with van der Waals surface area (Å²) in [5.41, 5.74) is 0. The zero-order valence-electron chi connectivity index (χ0n) is 11.3. The van der Waals surface area contributed by atoms with Gasteiger partial charge < -0.3 is 4.90 Å². The molecule has 4 nitrogen and oxygen atoms in total. The van der Waals surface area contributed by atoms with Crippen molar-refractivity contribution in [1.29, 1.82) is 0 Å². The van der Waals surface area contributed by atoms with Crippen molar-refractivity contribution < 1.29 is 17.2 Å². The standard InChI is InChI=1S/C13H18F2N2O2S/c1-17-4-2-3-10(9-17)8-16-20(18,19)13-6-11(14)5-12(15)7-13/h5-7,10,16H,2-4,8-9H2,1H3. The molecular weight excluding hydrogens is 286 g/mol. The van der Waals surface area contributed by atoms with E-state index in [0.29, 0.717) is 6.07 Å². The summed E-state index contributed by atoms with van der Waals surface area (Å²) in [7, 11) is -1.88. The summed E-state index contributed by atoms with van der Waals surface area (Å²) >= 11 is 0. The molecule has 0 radical (unpaired) electrons. The van der Waals surface area contributed by atoms with Crippen molar-refractivity contribution >= 4 is 10.0 Å². The minimum Gasteiger partial charge on any atom is -0.306 e. The Bertz CT molecular complexity index is 557. The molecule has 1 saturated heterocycles. The van der Waals surface area contributed by atoms with E-state index in [1.807, 2.05) is 7.05 Å². The molecule has 1 fully saturated rings. The van der Waals surface area contributed by atoms with Gasteiger partial charge >= 0.3 is 0 Å². The monoisotopic (exact) mass is 304 g/mol. The number of sulfonamides is 1. The second-order valence-electron chi connectivity index (χ2n) is 5.23. The van der Waals surface area contributed by atoms with Crippen molar-refractivity contribution in [3.05, 3.63) is 29.8 Å². The highest BCUT2D eigenvalue weighted by Gasteiger charge is 2.21. The van der Waals surface area contributed by atoms with Crippen LogP contribution in [0.25, 0.3) is 0 Å². The second kappa shape index (κ2) is 6.15. The Hall–Kier alpha value is -1.05. The van der Waals surface area contributed by atoms with Gasteiger partial charge in [0.15, 0.2) is 0 Å².